The van der Waals surface area contributed by atoms with Crippen LogP contribution < -0.4 is 11.2 Å². The van der Waals surface area contributed by atoms with Crippen molar-refractivity contribution in [1.29, 1.82) is 0 Å². The maximum atomic E-state index is 11.7. The summed E-state index contributed by atoms with van der Waals surface area (Å²) < 4.78 is 1.49. The van der Waals surface area contributed by atoms with Crippen molar-refractivity contribution in [2.45, 2.75) is 39.7 Å². The predicted molar refractivity (Wildman–Crippen MR) is 65.4 cm³/mol. The Bertz CT molecular complexity index is 660. The Hall–Kier alpha value is -1.85. The van der Waals surface area contributed by atoms with E-state index in [1.165, 1.54) is 4.57 Å². The number of nitrogens with one attached hydrogen (secondary N) is 2. The summed E-state index contributed by atoms with van der Waals surface area (Å²) in [6.45, 7) is 7.71. The van der Waals surface area contributed by atoms with E-state index in [4.69, 9.17) is 0 Å². The quantitative estimate of drug-likeness (QED) is 0.819. The Kier molecular flexibility index (Phi) is 2.65. The first kappa shape index (κ1) is 11.6. The lowest BCUT2D eigenvalue weighted by Gasteiger charge is -2.08. The zero-order valence-corrected chi connectivity index (χ0v) is 10.4. The van der Waals surface area contributed by atoms with Gasteiger partial charge in [0, 0.05) is 12.0 Å². The molecule has 2 rings (SSSR count). The number of nitrogens with zero attached hydrogens (tertiary/aromatic N) is 2. The van der Waals surface area contributed by atoms with Gasteiger partial charge in [0.15, 0.2) is 5.65 Å². The fourth-order valence-corrected chi connectivity index (χ4v) is 1.78. The molecule has 0 amide bonds. The van der Waals surface area contributed by atoms with E-state index >= 15 is 0 Å². The molecule has 2 aromatic heterocycles. The van der Waals surface area contributed by atoms with Crippen LogP contribution in [0.4, 0.5) is 0 Å². The van der Waals surface area contributed by atoms with Gasteiger partial charge in [0.1, 0.15) is 11.3 Å². The highest BCUT2D eigenvalue weighted by Gasteiger charge is 2.15. The van der Waals surface area contributed by atoms with Gasteiger partial charge >= 0.3 is 5.69 Å². The zero-order valence-electron chi connectivity index (χ0n) is 10.4. The van der Waals surface area contributed by atoms with Gasteiger partial charge in [-0.25, -0.2) is 9.78 Å². The number of fused-ring (bicyclic) bond motifs is 1. The normalized spacial score (nSPS) is 11.9. The largest absolute Gasteiger partial charge is 0.336 e. The van der Waals surface area contributed by atoms with E-state index in [-0.39, 0.29) is 12.0 Å². The van der Waals surface area contributed by atoms with Crippen molar-refractivity contribution in [3.05, 3.63) is 26.7 Å². The maximum Gasteiger partial charge on any atom is 0.330 e. The Morgan fingerprint density at radius 3 is 2.29 bits per heavy atom. The fraction of sp³-hybridized carbons (Fsp3) is 0.545. The summed E-state index contributed by atoms with van der Waals surface area (Å²) in [6, 6.07) is -0.0508. The van der Waals surface area contributed by atoms with Crippen molar-refractivity contribution in [1.82, 2.24) is 19.5 Å². The van der Waals surface area contributed by atoms with Gasteiger partial charge in [0.25, 0.3) is 5.56 Å². The van der Waals surface area contributed by atoms with Gasteiger partial charge in [-0.15, -0.1) is 0 Å². The van der Waals surface area contributed by atoms with Crippen LogP contribution in [0.2, 0.25) is 0 Å². The van der Waals surface area contributed by atoms with Crippen molar-refractivity contribution in [2.24, 2.45) is 0 Å². The Labute approximate surface area is 97.7 Å². The third kappa shape index (κ3) is 1.79. The average molecular weight is 236 g/mol. The molecule has 0 atom stereocenters. The minimum absolute atomic E-state index is 0.0508. The highest BCUT2D eigenvalue weighted by atomic mass is 16.2. The molecule has 0 aromatic carbocycles. The van der Waals surface area contributed by atoms with Gasteiger partial charge < -0.3 is 4.98 Å². The molecule has 2 heterocycles. The van der Waals surface area contributed by atoms with Crippen LogP contribution in [-0.4, -0.2) is 19.5 Å². The first-order chi connectivity index (χ1) is 7.91. The molecule has 0 aliphatic heterocycles. The lowest BCUT2D eigenvalue weighted by Crippen LogP contribution is -2.31. The molecule has 0 bridgehead atoms. The third-order valence-electron chi connectivity index (χ3n) is 2.66. The van der Waals surface area contributed by atoms with E-state index in [1.54, 1.807) is 0 Å². The van der Waals surface area contributed by atoms with E-state index < -0.39 is 11.2 Å². The van der Waals surface area contributed by atoms with E-state index in [0.29, 0.717) is 17.0 Å². The number of hydrogen-bond acceptors (Lipinski definition) is 3. The van der Waals surface area contributed by atoms with E-state index in [2.05, 4.69) is 15.0 Å². The van der Waals surface area contributed by atoms with Crippen LogP contribution in [0.1, 0.15) is 45.5 Å². The number of aromatic nitrogens is 4. The van der Waals surface area contributed by atoms with Gasteiger partial charge in [0.2, 0.25) is 0 Å². The van der Waals surface area contributed by atoms with Crippen LogP contribution in [0.25, 0.3) is 11.2 Å². The van der Waals surface area contributed by atoms with Crippen LogP contribution in [0.15, 0.2) is 9.59 Å². The Morgan fingerprint density at radius 2 is 1.76 bits per heavy atom. The first-order valence-electron chi connectivity index (χ1n) is 5.66. The molecule has 6 heteroatoms. The van der Waals surface area contributed by atoms with Crippen molar-refractivity contribution in [3.63, 3.8) is 0 Å². The Balaban J connectivity index is 2.91. The second-order valence-corrected chi connectivity index (χ2v) is 4.70. The number of hydrogen-bond donors (Lipinski definition) is 2. The summed E-state index contributed by atoms with van der Waals surface area (Å²) in [6.07, 6.45) is 0. The molecule has 17 heavy (non-hydrogen) atoms. The summed E-state index contributed by atoms with van der Waals surface area (Å²) >= 11 is 0. The van der Waals surface area contributed by atoms with Crippen LogP contribution in [0, 0.1) is 0 Å². The number of H-pyrrole nitrogens is 2. The summed E-state index contributed by atoms with van der Waals surface area (Å²) in [4.78, 5) is 33.0. The van der Waals surface area contributed by atoms with Crippen molar-refractivity contribution in [3.8, 4) is 0 Å². The van der Waals surface area contributed by atoms with Gasteiger partial charge in [0.05, 0.1) is 0 Å². The number of rotatable bonds is 2. The third-order valence-corrected chi connectivity index (χ3v) is 2.66. The van der Waals surface area contributed by atoms with E-state index in [0.717, 1.165) is 0 Å². The standard InChI is InChI=1S/C11H16N4O2/c1-5(2)8-12-7-9(13-8)15(6(3)4)11(17)14-10(7)16/h5-6H,1-4H3,(H,12,13)(H,14,16,17). The summed E-state index contributed by atoms with van der Waals surface area (Å²) in [7, 11) is 0. The second-order valence-electron chi connectivity index (χ2n) is 4.70. The van der Waals surface area contributed by atoms with Gasteiger partial charge in [-0.05, 0) is 13.8 Å². The van der Waals surface area contributed by atoms with E-state index in [9.17, 15) is 9.59 Å². The monoisotopic (exact) mass is 236 g/mol. The molecule has 0 unspecified atom stereocenters. The lowest BCUT2D eigenvalue weighted by molar-refractivity contribution is 0.579. The van der Waals surface area contributed by atoms with E-state index in [1.807, 2.05) is 27.7 Å². The molecule has 0 radical (unpaired) electrons. The van der Waals surface area contributed by atoms with Crippen LogP contribution in [0.3, 0.4) is 0 Å². The Morgan fingerprint density at radius 1 is 1.12 bits per heavy atom. The highest BCUT2D eigenvalue weighted by Crippen LogP contribution is 2.15. The summed E-state index contributed by atoms with van der Waals surface area (Å²) in [5.74, 6) is 0.892. The molecule has 92 valence electrons. The van der Waals surface area contributed by atoms with Crippen molar-refractivity contribution >= 4 is 11.2 Å². The minimum atomic E-state index is -0.417. The molecule has 0 fully saturated rings. The number of imidazole rings is 1. The SMILES string of the molecule is CC(C)c1nc2c([nH]1)c(=O)[nH]c(=O)n2C(C)C. The molecule has 0 aliphatic rings. The molecule has 6 nitrogen and oxygen atoms in total. The molecular weight excluding hydrogens is 220 g/mol. The smallest absolute Gasteiger partial charge is 0.330 e. The molecule has 2 N–H and O–H groups in total. The zero-order chi connectivity index (χ0) is 12.7. The van der Waals surface area contributed by atoms with Gasteiger partial charge in [-0.2, -0.15) is 0 Å². The topological polar surface area (TPSA) is 83.5 Å². The molecule has 0 aliphatic carbocycles. The van der Waals surface area contributed by atoms with Gasteiger partial charge in [-0.1, -0.05) is 13.8 Å². The fourth-order valence-electron chi connectivity index (χ4n) is 1.78. The van der Waals surface area contributed by atoms with Gasteiger partial charge in [-0.3, -0.25) is 14.3 Å². The lowest BCUT2D eigenvalue weighted by atomic mass is 10.2. The molecule has 0 saturated heterocycles. The average Bonchev–Trinajstić information content (AvgIpc) is 2.61. The van der Waals surface area contributed by atoms with Crippen LogP contribution in [0.5, 0.6) is 0 Å². The highest BCUT2D eigenvalue weighted by molar-refractivity contribution is 5.69. The number of aromatic amines is 2. The predicted octanol–water partition coefficient (Wildman–Crippen LogP) is 1.12. The summed E-state index contributed by atoms with van der Waals surface area (Å²) in [5, 5.41) is 0. The van der Waals surface area contributed by atoms with Crippen LogP contribution in [-0.2, 0) is 0 Å². The molecule has 0 spiro atoms. The molecule has 0 saturated carbocycles. The van der Waals surface area contributed by atoms with Crippen molar-refractivity contribution in [2.75, 3.05) is 0 Å². The first-order valence-corrected chi connectivity index (χ1v) is 5.66. The maximum absolute atomic E-state index is 11.7. The summed E-state index contributed by atoms with van der Waals surface area (Å²) in [5.41, 5.74) is -0.0416. The van der Waals surface area contributed by atoms with Crippen LogP contribution >= 0.6 is 0 Å². The molecular formula is C11H16N4O2. The second kappa shape index (κ2) is 3.87. The molecule has 2 aromatic rings. The minimum Gasteiger partial charge on any atom is -0.336 e. The van der Waals surface area contributed by atoms with Crippen molar-refractivity contribution < 1.29 is 0 Å².